The van der Waals surface area contributed by atoms with Crippen molar-refractivity contribution in [1.29, 1.82) is 0 Å². The second kappa shape index (κ2) is 4.35. The van der Waals surface area contributed by atoms with E-state index in [2.05, 4.69) is 5.32 Å². The van der Waals surface area contributed by atoms with Crippen LogP contribution in [0.4, 0.5) is 0 Å². The van der Waals surface area contributed by atoms with Crippen LogP contribution in [-0.2, 0) is 9.59 Å². The first-order valence-corrected chi connectivity index (χ1v) is 5.38. The molecule has 0 aromatic heterocycles. The van der Waals surface area contributed by atoms with E-state index in [4.69, 9.17) is 16.5 Å². The van der Waals surface area contributed by atoms with Crippen LogP contribution in [0.1, 0.15) is 0 Å². The number of hydrogen-bond donors (Lipinski definition) is 1. The molecule has 1 saturated heterocycles. The number of nitrogens with zero attached hydrogens (tertiary/aromatic N) is 1. The standard InChI is InChI=1S/C11H11ClN2O3/c1-13-9(15)11(7-14(11)12)10(16)17-8-5-3-2-4-6-8/h2-6H,7H2,1H3,(H,13,15). The maximum absolute atomic E-state index is 11.9. The Labute approximate surface area is 103 Å². The van der Waals surface area contributed by atoms with Gasteiger partial charge in [-0.1, -0.05) is 18.2 Å². The number of hydrogen-bond acceptors (Lipinski definition) is 4. The van der Waals surface area contributed by atoms with Crippen LogP contribution in [0.5, 0.6) is 5.75 Å². The Bertz CT molecular complexity index is 451. The third-order valence-electron chi connectivity index (χ3n) is 2.57. The van der Waals surface area contributed by atoms with Crippen LogP contribution in [-0.4, -0.2) is 35.4 Å². The molecule has 17 heavy (non-hydrogen) atoms. The lowest BCUT2D eigenvalue weighted by Gasteiger charge is -2.12. The van der Waals surface area contributed by atoms with Crippen molar-refractivity contribution in [1.82, 2.24) is 9.74 Å². The Morgan fingerprint density at radius 1 is 1.41 bits per heavy atom. The largest absolute Gasteiger partial charge is 0.425 e. The van der Waals surface area contributed by atoms with Gasteiger partial charge < -0.3 is 10.1 Å². The van der Waals surface area contributed by atoms with Crippen molar-refractivity contribution in [2.75, 3.05) is 13.6 Å². The Hall–Kier alpha value is -1.59. The molecule has 1 N–H and O–H groups in total. The molecule has 1 aliphatic rings. The summed E-state index contributed by atoms with van der Waals surface area (Å²) < 4.78 is 6.23. The van der Waals surface area contributed by atoms with Gasteiger partial charge in [0, 0.05) is 7.05 Å². The molecular formula is C11H11ClN2O3. The number of para-hydroxylation sites is 1. The summed E-state index contributed by atoms with van der Waals surface area (Å²) in [5.41, 5.74) is -1.38. The number of nitrogens with one attached hydrogen (secondary N) is 1. The summed E-state index contributed by atoms with van der Waals surface area (Å²) in [6.45, 7) is 0.153. The van der Waals surface area contributed by atoms with E-state index < -0.39 is 17.4 Å². The van der Waals surface area contributed by atoms with Crippen LogP contribution in [0.3, 0.4) is 0 Å². The number of rotatable bonds is 3. The highest BCUT2D eigenvalue weighted by atomic mass is 35.5. The highest BCUT2D eigenvalue weighted by molar-refractivity contribution is 6.25. The minimum Gasteiger partial charge on any atom is -0.425 e. The van der Waals surface area contributed by atoms with E-state index >= 15 is 0 Å². The van der Waals surface area contributed by atoms with E-state index in [0.29, 0.717) is 5.75 Å². The molecule has 0 radical (unpaired) electrons. The summed E-state index contributed by atoms with van der Waals surface area (Å²) in [5.74, 6) is -0.746. The lowest BCUT2D eigenvalue weighted by Crippen LogP contribution is -2.45. The van der Waals surface area contributed by atoms with Crippen LogP contribution in [0.15, 0.2) is 30.3 Å². The average molecular weight is 255 g/mol. The molecule has 1 aliphatic heterocycles. The highest BCUT2D eigenvalue weighted by Crippen LogP contribution is 2.36. The molecule has 1 amide bonds. The van der Waals surface area contributed by atoms with E-state index in [1.54, 1.807) is 30.3 Å². The molecule has 2 rings (SSSR count). The second-order valence-electron chi connectivity index (χ2n) is 3.66. The van der Waals surface area contributed by atoms with Crippen molar-refractivity contribution in [3.8, 4) is 5.75 Å². The fraction of sp³-hybridized carbons (Fsp3) is 0.273. The van der Waals surface area contributed by atoms with Crippen molar-refractivity contribution >= 4 is 23.7 Å². The van der Waals surface area contributed by atoms with Gasteiger partial charge in [-0.05, 0) is 23.9 Å². The van der Waals surface area contributed by atoms with Gasteiger partial charge in [0.2, 0.25) is 5.54 Å². The monoisotopic (exact) mass is 254 g/mol. The Kier molecular flexibility index (Phi) is 3.04. The Morgan fingerprint density at radius 2 is 2.00 bits per heavy atom. The van der Waals surface area contributed by atoms with Crippen LogP contribution < -0.4 is 10.1 Å². The Balaban J connectivity index is 2.13. The molecule has 2 atom stereocenters. The zero-order valence-electron chi connectivity index (χ0n) is 9.14. The molecule has 1 fully saturated rings. The van der Waals surface area contributed by atoms with E-state index in [-0.39, 0.29) is 6.54 Å². The second-order valence-corrected chi connectivity index (χ2v) is 4.07. The molecule has 6 heteroatoms. The van der Waals surface area contributed by atoms with Crippen LogP contribution in [0, 0.1) is 0 Å². The number of ether oxygens (including phenoxy) is 1. The number of carbonyl (C=O) groups is 2. The van der Waals surface area contributed by atoms with Crippen molar-refractivity contribution in [3.63, 3.8) is 0 Å². The normalized spacial score (nSPS) is 26.1. The summed E-state index contributed by atoms with van der Waals surface area (Å²) >= 11 is 5.71. The fourth-order valence-corrected chi connectivity index (χ4v) is 1.81. The van der Waals surface area contributed by atoms with E-state index in [1.807, 2.05) is 0 Å². The first-order chi connectivity index (χ1) is 8.11. The van der Waals surface area contributed by atoms with E-state index in [1.165, 1.54) is 7.05 Å². The summed E-state index contributed by atoms with van der Waals surface area (Å²) in [7, 11) is 1.45. The third kappa shape index (κ3) is 1.99. The van der Waals surface area contributed by atoms with Gasteiger partial charge in [-0.3, -0.25) is 4.79 Å². The zero-order chi connectivity index (χ0) is 12.5. The SMILES string of the molecule is CNC(=O)C1(C(=O)Oc2ccccc2)CN1Cl. The average Bonchev–Trinajstić information content (AvgIpc) is 3.02. The number of likely N-dealkylation sites (N-methyl/N-ethyl adjacent to an activating group) is 1. The quantitative estimate of drug-likeness (QED) is 0.281. The highest BCUT2D eigenvalue weighted by Gasteiger charge is 2.65. The van der Waals surface area contributed by atoms with E-state index in [0.717, 1.165) is 4.42 Å². The molecule has 0 saturated carbocycles. The third-order valence-corrected chi connectivity index (χ3v) is 2.98. The minimum atomic E-state index is -1.38. The topological polar surface area (TPSA) is 58.4 Å². The molecular weight excluding hydrogens is 244 g/mol. The lowest BCUT2D eigenvalue weighted by atomic mass is 10.1. The molecule has 1 heterocycles. The van der Waals surface area contributed by atoms with E-state index in [9.17, 15) is 9.59 Å². The van der Waals surface area contributed by atoms with Crippen molar-refractivity contribution < 1.29 is 14.3 Å². The summed E-state index contributed by atoms with van der Waals surface area (Å²) in [6.07, 6.45) is 0. The van der Waals surface area contributed by atoms with Crippen molar-refractivity contribution in [2.45, 2.75) is 5.54 Å². The lowest BCUT2D eigenvalue weighted by molar-refractivity contribution is -0.143. The van der Waals surface area contributed by atoms with Crippen molar-refractivity contribution in [2.24, 2.45) is 0 Å². The molecule has 0 spiro atoms. The molecule has 2 unspecified atom stereocenters. The van der Waals surface area contributed by atoms with Gasteiger partial charge >= 0.3 is 5.97 Å². The zero-order valence-corrected chi connectivity index (χ0v) is 9.90. The van der Waals surface area contributed by atoms with Gasteiger partial charge in [-0.25, -0.2) is 4.79 Å². The molecule has 0 bridgehead atoms. The van der Waals surface area contributed by atoms with Gasteiger partial charge in [-0.15, -0.1) is 0 Å². The molecule has 5 nitrogen and oxygen atoms in total. The molecule has 90 valence electrons. The van der Waals surface area contributed by atoms with Gasteiger partial charge in [0.25, 0.3) is 5.91 Å². The minimum absolute atomic E-state index is 0.153. The maximum Gasteiger partial charge on any atom is 0.344 e. The number of carbonyl (C=O) groups excluding carboxylic acids is 2. The number of benzene rings is 1. The number of amides is 1. The van der Waals surface area contributed by atoms with Gasteiger partial charge in [0.15, 0.2) is 0 Å². The summed E-state index contributed by atoms with van der Waals surface area (Å²) in [4.78, 5) is 23.5. The first kappa shape index (κ1) is 11.9. The molecule has 1 aromatic rings. The molecule has 1 aromatic carbocycles. The van der Waals surface area contributed by atoms with Gasteiger partial charge in [0.05, 0.1) is 6.54 Å². The van der Waals surface area contributed by atoms with Crippen LogP contribution in [0.2, 0.25) is 0 Å². The molecule has 0 aliphatic carbocycles. The summed E-state index contributed by atoms with van der Waals surface area (Å²) in [6, 6.07) is 8.55. The predicted molar refractivity (Wildman–Crippen MR) is 61.4 cm³/mol. The number of esters is 1. The van der Waals surface area contributed by atoms with Gasteiger partial charge in [0.1, 0.15) is 5.75 Å². The van der Waals surface area contributed by atoms with Crippen LogP contribution in [0.25, 0.3) is 0 Å². The number of halogens is 1. The first-order valence-electron chi connectivity index (χ1n) is 5.04. The smallest absolute Gasteiger partial charge is 0.344 e. The van der Waals surface area contributed by atoms with Gasteiger partial charge in [-0.2, -0.15) is 4.42 Å². The van der Waals surface area contributed by atoms with Crippen molar-refractivity contribution in [3.05, 3.63) is 30.3 Å². The van der Waals surface area contributed by atoms with Crippen LogP contribution >= 0.6 is 11.8 Å². The fourth-order valence-electron chi connectivity index (χ4n) is 1.49. The Morgan fingerprint density at radius 3 is 2.47 bits per heavy atom. The maximum atomic E-state index is 11.9. The summed E-state index contributed by atoms with van der Waals surface area (Å²) in [5, 5.41) is 2.40. The predicted octanol–water partition coefficient (Wildman–Crippen LogP) is 0.546.